The predicted octanol–water partition coefficient (Wildman–Crippen LogP) is 4.70. The zero-order valence-electron chi connectivity index (χ0n) is 12.8. The molecule has 2 aromatic rings. The van der Waals surface area contributed by atoms with Crippen molar-refractivity contribution >= 4 is 24.2 Å². The molecule has 21 heavy (non-hydrogen) atoms. The van der Waals surface area contributed by atoms with Gasteiger partial charge in [-0.25, -0.2) is 0 Å². The molecular weight excluding hydrogens is 363 g/mol. The van der Waals surface area contributed by atoms with Crippen LogP contribution in [0, 0.1) is 0 Å². The maximum absolute atomic E-state index is 12.4. The van der Waals surface area contributed by atoms with Crippen LogP contribution in [0.1, 0.15) is 31.8 Å². The van der Waals surface area contributed by atoms with Crippen LogP contribution in [0.15, 0.2) is 60.7 Å². The Morgan fingerprint density at radius 1 is 0.762 bits per heavy atom. The number of carbonyl (C=O) groups is 1. The Balaban J connectivity index is 2.01. The van der Waals surface area contributed by atoms with Crippen LogP contribution in [0.5, 0.6) is 0 Å². The van der Waals surface area contributed by atoms with Crippen LogP contribution in [0.3, 0.4) is 0 Å². The summed E-state index contributed by atoms with van der Waals surface area (Å²) in [6.45, 7) is 0. The third kappa shape index (κ3) is 2.94. The molecule has 1 aliphatic rings. The van der Waals surface area contributed by atoms with Crippen molar-refractivity contribution in [3.63, 3.8) is 0 Å². The summed E-state index contributed by atoms with van der Waals surface area (Å²) in [6, 6.07) is 21.4. The molecule has 0 aliphatic carbocycles. The van der Waals surface area contributed by atoms with Gasteiger partial charge in [0.15, 0.2) is 0 Å². The first-order valence-corrected chi connectivity index (χ1v) is 16.7. The van der Waals surface area contributed by atoms with E-state index in [0.29, 0.717) is 13.7 Å². The summed E-state index contributed by atoms with van der Waals surface area (Å²) in [7, 11) is 0. The fourth-order valence-electron chi connectivity index (χ4n) is 3.77. The Bertz CT molecular complexity index is 565. The van der Waals surface area contributed by atoms with Crippen molar-refractivity contribution in [3.05, 3.63) is 71.8 Å². The van der Waals surface area contributed by atoms with Crippen molar-refractivity contribution in [3.8, 4) is 0 Å². The van der Waals surface area contributed by atoms with Gasteiger partial charge in [0.05, 0.1) is 0 Å². The summed E-state index contributed by atoms with van der Waals surface area (Å²) in [5.74, 6) is 0.439. The third-order valence-electron chi connectivity index (χ3n) is 5.06. The van der Waals surface area contributed by atoms with Crippen molar-refractivity contribution < 1.29 is 4.79 Å². The molecule has 2 aromatic carbocycles. The Morgan fingerprint density at radius 2 is 1.14 bits per heavy atom. The van der Waals surface area contributed by atoms with Crippen LogP contribution in [-0.4, -0.2) is 24.2 Å². The van der Waals surface area contributed by atoms with Crippen molar-refractivity contribution in [1.82, 2.24) is 0 Å². The molecule has 3 rings (SSSR count). The van der Waals surface area contributed by atoms with E-state index in [0.717, 1.165) is 12.8 Å². The number of hydrogen-bond donors (Lipinski definition) is 0. The molecule has 0 saturated carbocycles. The van der Waals surface area contributed by atoms with E-state index < -0.39 is 18.4 Å². The van der Waals surface area contributed by atoms with Gasteiger partial charge in [-0.15, -0.1) is 0 Å². The summed E-state index contributed by atoms with van der Waals surface area (Å²) >= 11 is -2.45. The molecule has 1 saturated heterocycles. The SMILES string of the molecule is [CH3][Sn]1([CH3])[C@@H](c2ccccc2)CC(=O)C[C@H]1c1ccccc1. The number of hydrogen-bond acceptors (Lipinski definition) is 1. The quantitative estimate of drug-likeness (QED) is 0.685. The van der Waals surface area contributed by atoms with Crippen LogP contribution in [-0.2, 0) is 4.79 Å². The monoisotopic (exact) mass is 386 g/mol. The first-order valence-electron chi connectivity index (χ1n) is 7.70. The standard InChI is InChI=1S/C17H16O.2CH3.Sn/c18-17(13-11-15-7-3-1-4-8-15)14-12-16-9-5-2-6-10-16;;;/h1-12H,13-14H2;2*1H3;. The van der Waals surface area contributed by atoms with E-state index >= 15 is 0 Å². The summed E-state index contributed by atoms with van der Waals surface area (Å²) in [5, 5.41) is 0. The van der Waals surface area contributed by atoms with Crippen LogP contribution < -0.4 is 0 Å². The average Bonchev–Trinajstić information content (AvgIpc) is 2.51. The van der Waals surface area contributed by atoms with Crippen LogP contribution in [0.4, 0.5) is 0 Å². The van der Waals surface area contributed by atoms with Crippen LogP contribution >= 0.6 is 0 Å². The van der Waals surface area contributed by atoms with E-state index in [-0.39, 0.29) is 0 Å². The molecular formula is C19H22OSn. The maximum atomic E-state index is 12.4. The number of rotatable bonds is 2. The van der Waals surface area contributed by atoms with E-state index in [1.54, 1.807) is 0 Å². The number of ketones is 1. The molecule has 1 heterocycles. The van der Waals surface area contributed by atoms with Gasteiger partial charge in [0, 0.05) is 0 Å². The Labute approximate surface area is 131 Å². The molecule has 0 N–H and O–H groups in total. The molecule has 2 heteroatoms. The van der Waals surface area contributed by atoms with E-state index in [9.17, 15) is 4.79 Å². The second-order valence-corrected chi connectivity index (χ2v) is 21.1. The predicted molar refractivity (Wildman–Crippen MR) is 90.1 cm³/mol. The average molecular weight is 385 g/mol. The van der Waals surface area contributed by atoms with E-state index in [1.807, 2.05) is 0 Å². The van der Waals surface area contributed by atoms with Gasteiger partial charge >= 0.3 is 131 Å². The zero-order valence-corrected chi connectivity index (χ0v) is 15.6. The first-order chi connectivity index (χ1) is 10.1. The normalized spacial score (nSPS) is 24.8. The van der Waals surface area contributed by atoms with E-state index in [4.69, 9.17) is 0 Å². The fourth-order valence-corrected chi connectivity index (χ4v) is 15.5. The molecule has 2 atom stereocenters. The van der Waals surface area contributed by atoms with Crippen molar-refractivity contribution in [1.29, 1.82) is 0 Å². The number of carbonyl (C=O) groups excluding carboxylic acids is 1. The van der Waals surface area contributed by atoms with Gasteiger partial charge in [0.1, 0.15) is 0 Å². The summed E-state index contributed by atoms with van der Waals surface area (Å²) < 4.78 is 1.01. The fraction of sp³-hybridized carbons (Fsp3) is 0.316. The Kier molecular flexibility index (Phi) is 4.21. The summed E-state index contributed by atoms with van der Waals surface area (Å²) in [4.78, 5) is 17.4. The van der Waals surface area contributed by atoms with Crippen molar-refractivity contribution in [2.24, 2.45) is 0 Å². The Morgan fingerprint density at radius 3 is 1.52 bits per heavy atom. The molecule has 1 nitrogen and oxygen atoms in total. The van der Waals surface area contributed by atoms with Gasteiger partial charge in [-0.3, -0.25) is 0 Å². The minimum absolute atomic E-state index is 0.439. The first kappa shape index (κ1) is 14.8. The molecule has 1 fully saturated rings. The molecule has 0 amide bonds. The summed E-state index contributed by atoms with van der Waals surface area (Å²) in [5.41, 5.74) is 2.76. The second-order valence-electron chi connectivity index (χ2n) is 6.69. The van der Waals surface area contributed by atoms with Crippen LogP contribution in [0.2, 0.25) is 9.88 Å². The number of benzene rings is 2. The second kappa shape index (κ2) is 5.96. The topological polar surface area (TPSA) is 17.1 Å². The van der Waals surface area contributed by atoms with Gasteiger partial charge in [-0.2, -0.15) is 0 Å². The Hall–Kier alpha value is -1.09. The van der Waals surface area contributed by atoms with Gasteiger partial charge < -0.3 is 0 Å². The number of Topliss-reactive ketones (excluding diaryl/α,β-unsaturated/α-hetero) is 1. The molecule has 0 aromatic heterocycles. The van der Waals surface area contributed by atoms with E-state index in [1.165, 1.54) is 11.1 Å². The molecule has 1 aliphatic heterocycles. The minimum atomic E-state index is -2.45. The van der Waals surface area contributed by atoms with Gasteiger partial charge in [0.2, 0.25) is 0 Å². The zero-order chi connectivity index (χ0) is 14.9. The van der Waals surface area contributed by atoms with Gasteiger partial charge in [-0.05, 0) is 0 Å². The van der Waals surface area contributed by atoms with Crippen molar-refractivity contribution in [2.45, 2.75) is 30.6 Å². The van der Waals surface area contributed by atoms with Gasteiger partial charge in [-0.1, -0.05) is 0 Å². The molecule has 0 radical (unpaired) electrons. The molecule has 0 bridgehead atoms. The van der Waals surface area contributed by atoms with Crippen LogP contribution in [0.25, 0.3) is 0 Å². The molecule has 0 unspecified atom stereocenters. The summed E-state index contributed by atoms with van der Waals surface area (Å²) in [6.07, 6.45) is 1.52. The van der Waals surface area contributed by atoms with Gasteiger partial charge in [0.25, 0.3) is 0 Å². The molecule has 0 spiro atoms. The van der Waals surface area contributed by atoms with E-state index in [2.05, 4.69) is 70.5 Å². The third-order valence-corrected chi connectivity index (χ3v) is 18.4. The molecule has 108 valence electrons. The van der Waals surface area contributed by atoms with Crippen molar-refractivity contribution in [2.75, 3.05) is 0 Å².